The van der Waals surface area contributed by atoms with Gasteiger partial charge in [0.15, 0.2) is 0 Å². The maximum Gasteiger partial charge on any atom is 0.116 e. The summed E-state index contributed by atoms with van der Waals surface area (Å²) in [5, 5.41) is 0. The van der Waals surface area contributed by atoms with Gasteiger partial charge in [-0.1, -0.05) is 6.07 Å². The first kappa shape index (κ1) is 9.66. The Morgan fingerprint density at radius 3 is 3.07 bits per heavy atom. The van der Waals surface area contributed by atoms with E-state index in [1.807, 2.05) is 18.5 Å². The Morgan fingerprint density at radius 2 is 2.43 bits per heavy atom. The summed E-state index contributed by atoms with van der Waals surface area (Å²) >= 11 is 0. The third-order valence-electron chi connectivity index (χ3n) is 3.69. The fourth-order valence-electron chi connectivity index (χ4n) is 2.59. The van der Waals surface area contributed by atoms with Gasteiger partial charge >= 0.3 is 0 Å². The average Bonchev–Trinajstić information content (AvgIpc) is 2.63. The molecule has 2 heteroatoms. The van der Waals surface area contributed by atoms with Gasteiger partial charge in [-0.05, 0) is 13.0 Å². The van der Waals surface area contributed by atoms with Gasteiger partial charge in [0.1, 0.15) is 6.04 Å². The van der Waals surface area contributed by atoms with E-state index in [0.717, 1.165) is 0 Å². The van der Waals surface area contributed by atoms with Crippen molar-refractivity contribution in [3.05, 3.63) is 30.1 Å². The number of hydrogen-bond acceptors (Lipinski definition) is 1. The fraction of sp³-hybridized carbons (Fsp3) is 0.583. The lowest BCUT2D eigenvalue weighted by atomic mass is 10.1. The van der Waals surface area contributed by atoms with Crippen molar-refractivity contribution in [2.24, 2.45) is 0 Å². The van der Waals surface area contributed by atoms with Crippen LogP contribution in [-0.2, 0) is 0 Å². The normalized spacial score (nSPS) is 32.0. The van der Waals surface area contributed by atoms with E-state index in [2.05, 4.69) is 25.0 Å². The maximum absolute atomic E-state index is 4.22. The second-order valence-electron chi connectivity index (χ2n) is 4.46. The standard InChI is InChI=1S/C12H19N2/c1-3-14(2)9-5-7-12(14)11-6-4-8-13-10-11/h4,6,8,10,12H,3,5,7,9H2,1-2H3/q+1/t12?,14-/m0/s1. The van der Waals surface area contributed by atoms with Crippen molar-refractivity contribution in [3.8, 4) is 0 Å². The summed E-state index contributed by atoms with van der Waals surface area (Å²) < 4.78 is 1.19. The van der Waals surface area contributed by atoms with Crippen LogP contribution in [0.25, 0.3) is 0 Å². The van der Waals surface area contributed by atoms with Crippen molar-refractivity contribution in [3.63, 3.8) is 0 Å². The topological polar surface area (TPSA) is 12.9 Å². The summed E-state index contributed by atoms with van der Waals surface area (Å²) in [4.78, 5) is 4.22. The van der Waals surface area contributed by atoms with Crippen molar-refractivity contribution in [2.75, 3.05) is 20.1 Å². The number of rotatable bonds is 2. The van der Waals surface area contributed by atoms with E-state index >= 15 is 0 Å². The molecule has 2 heterocycles. The van der Waals surface area contributed by atoms with Gasteiger partial charge in [-0.3, -0.25) is 4.98 Å². The highest BCUT2D eigenvalue weighted by Gasteiger charge is 2.37. The molecular formula is C12H19N2+. The van der Waals surface area contributed by atoms with Gasteiger partial charge in [0.2, 0.25) is 0 Å². The van der Waals surface area contributed by atoms with Gasteiger partial charge in [-0.15, -0.1) is 0 Å². The van der Waals surface area contributed by atoms with Gasteiger partial charge in [0.25, 0.3) is 0 Å². The monoisotopic (exact) mass is 191 g/mol. The molecule has 0 N–H and O–H groups in total. The van der Waals surface area contributed by atoms with Crippen molar-refractivity contribution in [1.29, 1.82) is 0 Å². The van der Waals surface area contributed by atoms with Crippen molar-refractivity contribution >= 4 is 0 Å². The van der Waals surface area contributed by atoms with E-state index < -0.39 is 0 Å². The van der Waals surface area contributed by atoms with E-state index in [1.165, 1.54) is 36.0 Å². The number of aromatic nitrogens is 1. The number of quaternary nitrogens is 1. The molecule has 0 bridgehead atoms. The predicted molar refractivity (Wildman–Crippen MR) is 57.8 cm³/mol. The highest BCUT2D eigenvalue weighted by molar-refractivity contribution is 5.12. The minimum absolute atomic E-state index is 0.675. The predicted octanol–water partition coefficient (Wildman–Crippen LogP) is 2.38. The summed E-state index contributed by atoms with van der Waals surface area (Å²) in [5.41, 5.74) is 1.41. The zero-order valence-electron chi connectivity index (χ0n) is 9.11. The van der Waals surface area contributed by atoms with Crippen LogP contribution in [0.1, 0.15) is 31.4 Å². The van der Waals surface area contributed by atoms with Crippen LogP contribution in [-0.4, -0.2) is 29.6 Å². The molecule has 0 amide bonds. The molecule has 1 aliphatic rings. The first-order valence-electron chi connectivity index (χ1n) is 5.50. The highest BCUT2D eigenvalue weighted by atomic mass is 15.4. The Balaban J connectivity index is 2.26. The van der Waals surface area contributed by atoms with Gasteiger partial charge in [0, 0.05) is 30.8 Å². The molecule has 0 saturated carbocycles. The Labute approximate surface area is 86.2 Å². The Bertz CT molecular complexity index is 296. The maximum atomic E-state index is 4.22. The third-order valence-corrected chi connectivity index (χ3v) is 3.69. The minimum atomic E-state index is 0.675. The molecule has 0 spiro atoms. The molecular weight excluding hydrogens is 172 g/mol. The molecule has 0 aromatic carbocycles. The second-order valence-corrected chi connectivity index (χ2v) is 4.46. The summed E-state index contributed by atoms with van der Waals surface area (Å²) in [7, 11) is 2.37. The molecule has 1 aromatic rings. The minimum Gasteiger partial charge on any atom is -0.320 e. The second kappa shape index (κ2) is 3.70. The van der Waals surface area contributed by atoms with Crippen LogP contribution in [0.2, 0.25) is 0 Å². The van der Waals surface area contributed by atoms with Crippen molar-refractivity contribution in [1.82, 2.24) is 4.98 Å². The zero-order valence-corrected chi connectivity index (χ0v) is 9.11. The molecule has 2 nitrogen and oxygen atoms in total. The number of hydrogen-bond donors (Lipinski definition) is 0. The summed E-state index contributed by atoms with van der Waals surface area (Å²) in [6.45, 7) is 4.82. The summed E-state index contributed by atoms with van der Waals surface area (Å²) in [6.07, 6.45) is 6.55. The molecule has 2 rings (SSSR count). The molecule has 0 aliphatic carbocycles. The highest BCUT2D eigenvalue weighted by Crippen LogP contribution is 2.36. The number of nitrogens with zero attached hydrogens (tertiary/aromatic N) is 2. The Hall–Kier alpha value is -0.890. The van der Waals surface area contributed by atoms with Crippen LogP contribution in [0, 0.1) is 0 Å². The van der Waals surface area contributed by atoms with Crippen molar-refractivity contribution < 1.29 is 4.48 Å². The molecule has 0 radical (unpaired) electrons. The molecule has 2 atom stereocenters. The van der Waals surface area contributed by atoms with Crippen molar-refractivity contribution in [2.45, 2.75) is 25.8 Å². The summed E-state index contributed by atoms with van der Waals surface area (Å²) in [6, 6.07) is 4.94. The lowest BCUT2D eigenvalue weighted by Gasteiger charge is -2.35. The molecule has 1 aromatic heterocycles. The lowest BCUT2D eigenvalue weighted by Crippen LogP contribution is -2.42. The fourth-order valence-corrected chi connectivity index (χ4v) is 2.59. The van der Waals surface area contributed by atoms with Crippen LogP contribution in [0.3, 0.4) is 0 Å². The van der Waals surface area contributed by atoms with E-state index in [0.29, 0.717) is 6.04 Å². The SMILES string of the molecule is CC[N@@+]1(C)CCCC1c1cccnc1. The van der Waals surface area contributed by atoms with Gasteiger partial charge in [0.05, 0.1) is 20.1 Å². The molecule has 1 saturated heterocycles. The zero-order chi connectivity index (χ0) is 10.0. The van der Waals surface area contributed by atoms with Crippen LogP contribution in [0.15, 0.2) is 24.5 Å². The van der Waals surface area contributed by atoms with E-state index in [-0.39, 0.29) is 0 Å². The Kier molecular flexibility index (Phi) is 2.55. The third kappa shape index (κ3) is 1.55. The molecule has 1 aliphatic heterocycles. The van der Waals surface area contributed by atoms with E-state index in [1.54, 1.807) is 0 Å². The smallest absolute Gasteiger partial charge is 0.116 e. The van der Waals surface area contributed by atoms with E-state index in [9.17, 15) is 0 Å². The first-order chi connectivity index (χ1) is 6.76. The molecule has 1 unspecified atom stereocenters. The molecule has 1 fully saturated rings. The lowest BCUT2D eigenvalue weighted by molar-refractivity contribution is -0.925. The first-order valence-corrected chi connectivity index (χ1v) is 5.50. The van der Waals surface area contributed by atoms with Crippen LogP contribution >= 0.6 is 0 Å². The van der Waals surface area contributed by atoms with Crippen LogP contribution < -0.4 is 0 Å². The number of likely N-dealkylation sites (tertiary alicyclic amines) is 1. The van der Waals surface area contributed by atoms with Crippen LogP contribution in [0.5, 0.6) is 0 Å². The quantitative estimate of drug-likeness (QED) is 0.654. The largest absolute Gasteiger partial charge is 0.320 e. The summed E-state index contributed by atoms with van der Waals surface area (Å²) in [5.74, 6) is 0. The Morgan fingerprint density at radius 1 is 1.57 bits per heavy atom. The molecule has 14 heavy (non-hydrogen) atoms. The molecule has 76 valence electrons. The van der Waals surface area contributed by atoms with E-state index in [4.69, 9.17) is 0 Å². The van der Waals surface area contributed by atoms with Gasteiger partial charge in [-0.25, -0.2) is 0 Å². The van der Waals surface area contributed by atoms with Gasteiger partial charge < -0.3 is 4.48 Å². The average molecular weight is 191 g/mol. The van der Waals surface area contributed by atoms with Gasteiger partial charge in [-0.2, -0.15) is 0 Å². The number of pyridine rings is 1. The van der Waals surface area contributed by atoms with Crippen LogP contribution in [0.4, 0.5) is 0 Å².